The normalized spacial score (nSPS) is 14.3. The lowest BCUT2D eigenvalue weighted by Crippen LogP contribution is -2.22. The van der Waals surface area contributed by atoms with Gasteiger partial charge in [0.2, 0.25) is 5.88 Å². The fourth-order valence-electron chi connectivity index (χ4n) is 1.43. The summed E-state index contributed by atoms with van der Waals surface area (Å²) < 4.78 is 10.7. The van der Waals surface area contributed by atoms with Crippen LogP contribution in [0, 0.1) is 0 Å². The third kappa shape index (κ3) is 2.67. The van der Waals surface area contributed by atoms with E-state index in [9.17, 15) is 4.79 Å². The van der Waals surface area contributed by atoms with Crippen molar-refractivity contribution in [3.05, 3.63) is 17.8 Å². The lowest BCUT2D eigenvalue weighted by molar-refractivity contribution is 0.0822. The quantitative estimate of drug-likeness (QED) is 0.791. The van der Waals surface area contributed by atoms with Crippen LogP contribution in [0.1, 0.15) is 23.2 Å². The van der Waals surface area contributed by atoms with Gasteiger partial charge in [0, 0.05) is 14.1 Å². The number of aromatic nitrogens is 1. The molecule has 0 spiro atoms. The minimum Gasteiger partial charge on any atom is -0.489 e. The molecule has 0 atom stereocenters. The van der Waals surface area contributed by atoms with Crippen LogP contribution < -0.4 is 9.47 Å². The molecule has 5 heteroatoms. The van der Waals surface area contributed by atoms with E-state index >= 15 is 0 Å². The van der Waals surface area contributed by atoms with E-state index in [0.717, 1.165) is 12.8 Å². The number of carbonyl (C=O) groups excluding carboxylic acids is 1. The molecule has 0 aliphatic heterocycles. The zero-order chi connectivity index (χ0) is 12.4. The van der Waals surface area contributed by atoms with Crippen LogP contribution in [-0.2, 0) is 0 Å². The smallest absolute Gasteiger partial charge is 0.258 e. The molecule has 2 rings (SSSR count). The molecule has 17 heavy (non-hydrogen) atoms. The molecule has 1 aromatic rings. The zero-order valence-electron chi connectivity index (χ0n) is 10.3. The van der Waals surface area contributed by atoms with Gasteiger partial charge < -0.3 is 14.4 Å². The molecular formula is C12H16N2O3. The lowest BCUT2D eigenvalue weighted by atomic mass is 10.2. The average Bonchev–Trinajstić information content (AvgIpc) is 3.11. The summed E-state index contributed by atoms with van der Waals surface area (Å²) in [5, 5.41) is 0. The van der Waals surface area contributed by atoms with Crippen molar-refractivity contribution in [3.8, 4) is 11.6 Å². The second-order valence-corrected chi connectivity index (χ2v) is 4.24. The van der Waals surface area contributed by atoms with Crippen molar-refractivity contribution >= 4 is 5.91 Å². The van der Waals surface area contributed by atoms with Crippen LogP contribution in [0.4, 0.5) is 0 Å². The van der Waals surface area contributed by atoms with E-state index in [4.69, 9.17) is 9.47 Å². The lowest BCUT2D eigenvalue weighted by Gasteiger charge is -2.14. The van der Waals surface area contributed by atoms with Gasteiger partial charge in [-0.25, -0.2) is 4.98 Å². The van der Waals surface area contributed by atoms with E-state index in [1.807, 2.05) is 0 Å². The minimum absolute atomic E-state index is 0.143. The number of pyridine rings is 1. The molecule has 1 aromatic heterocycles. The maximum atomic E-state index is 11.9. The Balaban J connectivity index is 2.27. The predicted molar refractivity (Wildman–Crippen MR) is 62.5 cm³/mol. The number of methoxy groups -OCH3 is 1. The van der Waals surface area contributed by atoms with Crippen molar-refractivity contribution in [1.29, 1.82) is 0 Å². The Hall–Kier alpha value is -1.78. The van der Waals surface area contributed by atoms with Crippen molar-refractivity contribution in [2.24, 2.45) is 0 Å². The van der Waals surface area contributed by atoms with Crippen molar-refractivity contribution in [1.82, 2.24) is 9.88 Å². The molecule has 0 unspecified atom stereocenters. The summed E-state index contributed by atoms with van der Waals surface area (Å²) >= 11 is 0. The van der Waals surface area contributed by atoms with Crippen molar-refractivity contribution < 1.29 is 14.3 Å². The first-order valence-electron chi connectivity index (χ1n) is 5.54. The molecule has 1 amide bonds. The molecule has 92 valence electrons. The molecule has 0 bridgehead atoms. The van der Waals surface area contributed by atoms with Crippen LogP contribution in [0.15, 0.2) is 12.3 Å². The Morgan fingerprint density at radius 3 is 2.71 bits per heavy atom. The van der Waals surface area contributed by atoms with E-state index in [1.165, 1.54) is 12.0 Å². The van der Waals surface area contributed by atoms with Crippen LogP contribution >= 0.6 is 0 Å². The first-order valence-corrected chi connectivity index (χ1v) is 5.54. The van der Waals surface area contributed by atoms with Gasteiger partial charge in [0.15, 0.2) is 0 Å². The largest absolute Gasteiger partial charge is 0.489 e. The van der Waals surface area contributed by atoms with E-state index in [-0.39, 0.29) is 12.0 Å². The first-order chi connectivity index (χ1) is 8.11. The van der Waals surface area contributed by atoms with Gasteiger partial charge in [-0.05, 0) is 18.9 Å². The fraction of sp³-hybridized carbons (Fsp3) is 0.500. The minimum atomic E-state index is -0.143. The van der Waals surface area contributed by atoms with Gasteiger partial charge in [0.05, 0.1) is 19.4 Å². The van der Waals surface area contributed by atoms with E-state index in [1.54, 1.807) is 26.4 Å². The summed E-state index contributed by atoms with van der Waals surface area (Å²) in [6.07, 6.45) is 4.02. The summed E-state index contributed by atoms with van der Waals surface area (Å²) in [6, 6.07) is 1.69. The fourth-order valence-corrected chi connectivity index (χ4v) is 1.43. The molecular weight excluding hydrogens is 220 g/mol. The Morgan fingerprint density at radius 2 is 2.18 bits per heavy atom. The van der Waals surface area contributed by atoms with Crippen molar-refractivity contribution in [3.63, 3.8) is 0 Å². The van der Waals surface area contributed by atoms with Gasteiger partial charge in [-0.2, -0.15) is 0 Å². The molecule has 5 nitrogen and oxygen atoms in total. The Morgan fingerprint density at radius 1 is 1.47 bits per heavy atom. The van der Waals surface area contributed by atoms with Crippen LogP contribution in [0.25, 0.3) is 0 Å². The molecule has 0 radical (unpaired) electrons. The zero-order valence-corrected chi connectivity index (χ0v) is 10.3. The first kappa shape index (κ1) is 11.7. The highest BCUT2D eigenvalue weighted by molar-refractivity contribution is 5.96. The monoisotopic (exact) mass is 236 g/mol. The molecule has 1 aliphatic carbocycles. The third-order valence-electron chi connectivity index (χ3n) is 2.48. The molecule has 0 saturated heterocycles. The van der Waals surface area contributed by atoms with Gasteiger partial charge in [-0.3, -0.25) is 4.79 Å². The van der Waals surface area contributed by atoms with Crippen molar-refractivity contribution in [2.75, 3.05) is 21.2 Å². The van der Waals surface area contributed by atoms with E-state index in [0.29, 0.717) is 17.2 Å². The molecule has 1 saturated carbocycles. The van der Waals surface area contributed by atoms with Crippen LogP contribution in [0.3, 0.4) is 0 Å². The highest BCUT2D eigenvalue weighted by Gasteiger charge is 2.25. The summed E-state index contributed by atoms with van der Waals surface area (Å²) in [4.78, 5) is 17.5. The predicted octanol–water partition coefficient (Wildman–Crippen LogP) is 1.33. The summed E-state index contributed by atoms with van der Waals surface area (Å²) in [7, 11) is 4.88. The summed E-state index contributed by atoms with van der Waals surface area (Å²) in [6.45, 7) is 0. The van der Waals surface area contributed by atoms with Crippen LogP contribution in [0.5, 0.6) is 11.6 Å². The number of hydrogen-bond acceptors (Lipinski definition) is 4. The van der Waals surface area contributed by atoms with Gasteiger partial charge in [-0.1, -0.05) is 0 Å². The Labute approximate surface area is 100 Å². The number of carbonyl (C=O) groups is 1. The molecule has 1 aliphatic rings. The number of amides is 1. The third-order valence-corrected chi connectivity index (χ3v) is 2.48. The molecule has 1 heterocycles. The Kier molecular flexibility index (Phi) is 3.17. The highest BCUT2D eigenvalue weighted by atomic mass is 16.5. The van der Waals surface area contributed by atoms with Crippen LogP contribution in [-0.4, -0.2) is 43.1 Å². The molecule has 1 fully saturated rings. The van der Waals surface area contributed by atoms with Gasteiger partial charge >= 0.3 is 0 Å². The highest BCUT2D eigenvalue weighted by Crippen LogP contribution is 2.29. The average molecular weight is 236 g/mol. The maximum Gasteiger partial charge on any atom is 0.258 e. The SMILES string of the molecule is COc1ncc(OC2CC2)cc1C(=O)N(C)C. The van der Waals surface area contributed by atoms with E-state index < -0.39 is 0 Å². The van der Waals surface area contributed by atoms with Gasteiger partial charge in [-0.15, -0.1) is 0 Å². The second-order valence-electron chi connectivity index (χ2n) is 4.24. The molecule has 0 aromatic carbocycles. The number of hydrogen-bond donors (Lipinski definition) is 0. The molecule has 0 N–H and O–H groups in total. The summed E-state index contributed by atoms with van der Waals surface area (Å²) in [5.74, 6) is 0.806. The van der Waals surface area contributed by atoms with Gasteiger partial charge in [0.1, 0.15) is 11.3 Å². The van der Waals surface area contributed by atoms with Crippen molar-refractivity contribution in [2.45, 2.75) is 18.9 Å². The Bertz CT molecular complexity index is 428. The maximum absolute atomic E-state index is 11.9. The number of rotatable bonds is 4. The number of nitrogens with zero attached hydrogens (tertiary/aromatic N) is 2. The topological polar surface area (TPSA) is 51.7 Å². The standard InChI is InChI=1S/C12H16N2O3/c1-14(2)12(15)10-6-9(17-8-4-5-8)7-13-11(10)16-3/h6-8H,4-5H2,1-3H3. The van der Waals surface area contributed by atoms with Gasteiger partial charge in [0.25, 0.3) is 5.91 Å². The number of ether oxygens (including phenoxy) is 2. The van der Waals surface area contributed by atoms with E-state index in [2.05, 4.69) is 4.98 Å². The summed E-state index contributed by atoms with van der Waals surface area (Å²) in [5.41, 5.74) is 0.427. The second kappa shape index (κ2) is 4.61. The van der Waals surface area contributed by atoms with Crippen LogP contribution in [0.2, 0.25) is 0 Å².